The maximum absolute atomic E-state index is 6.21. The fourth-order valence-corrected chi connectivity index (χ4v) is 7.69. The summed E-state index contributed by atoms with van der Waals surface area (Å²) in [6, 6.07) is 76.0. The van der Waals surface area contributed by atoms with Gasteiger partial charge < -0.3 is 9.32 Å². The van der Waals surface area contributed by atoms with E-state index in [0.717, 1.165) is 50.5 Å². The molecule has 1 aromatic heterocycles. The van der Waals surface area contributed by atoms with Crippen molar-refractivity contribution >= 4 is 49.6 Å². The topological polar surface area (TPSA) is 16.4 Å². The van der Waals surface area contributed by atoms with E-state index in [-0.39, 0.29) is 0 Å². The van der Waals surface area contributed by atoms with Gasteiger partial charge in [-0.25, -0.2) is 0 Å². The van der Waals surface area contributed by atoms with Crippen LogP contribution in [-0.4, -0.2) is 0 Å². The summed E-state index contributed by atoms with van der Waals surface area (Å²) in [7, 11) is 0. The van der Waals surface area contributed by atoms with Gasteiger partial charge in [-0.1, -0.05) is 152 Å². The van der Waals surface area contributed by atoms with Crippen LogP contribution in [0.3, 0.4) is 0 Å². The quantitative estimate of drug-likeness (QED) is 0.166. The van der Waals surface area contributed by atoms with Crippen LogP contribution in [0.5, 0.6) is 0 Å². The summed E-state index contributed by atoms with van der Waals surface area (Å²) >= 11 is 0. The molecular formula is C52H35NO. The van der Waals surface area contributed by atoms with Gasteiger partial charge in [-0.05, 0) is 116 Å². The molecule has 0 amide bonds. The molecule has 1 heterocycles. The van der Waals surface area contributed by atoms with Crippen LogP contribution in [0.25, 0.3) is 77.2 Å². The number of nitrogens with zero attached hydrogens (tertiary/aromatic N) is 1. The molecule has 9 aromatic carbocycles. The summed E-state index contributed by atoms with van der Waals surface area (Å²) in [5.74, 6) is 0.874. The molecule has 0 aliphatic heterocycles. The molecule has 254 valence electrons. The van der Waals surface area contributed by atoms with Crippen molar-refractivity contribution in [2.24, 2.45) is 0 Å². The summed E-state index contributed by atoms with van der Waals surface area (Å²) in [4.78, 5) is 2.35. The molecule has 0 bridgehead atoms. The average molecular weight is 690 g/mol. The molecule has 0 spiro atoms. The monoisotopic (exact) mass is 689 g/mol. The second-order valence-electron chi connectivity index (χ2n) is 13.8. The van der Waals surface area contributed by atoms with Crippen molar-refractivity contribution in [3.8, 4) is 44.7 Å². The number of fused-ring (bicyclic) bond motifs is 3. The summed E-state index contributed by atoms with van der Waals surface area (Å²) in [6.07, 6.45) is 0. The van der Waals surface area contributed by atoms with Crippen LogP contribution in [-0.2, 0) is 0 Å². The van der Waals surface area contributed by atoms with E-state index in [1.54, 1.807) is 0 Å². The Hall–Kier alpha value is -7.16. The van der Waals surface area contributed by atoms with Crippen molar-refractivity contribution in [2.45, 2.75) is 0 Å². The van der Waals surface area contributed by atoms with Crippen LogP contribution >= 0.6 is 0 Å². The second-order valence-corrected chi connectivity index (χ2v) is 13.8. The van der Waals surface area contributed by atoms with Gasteiger partial charge in [0.25, 0.3) is 0 Å². The number of furan rings is 1. The molecule has 54 heavy (non-hydrogen) atoms. The minimum Gasteiger partial charge on any atom is -0.456 e. The van der Waals surface area contributed by atoms with Gasteiger partial charge in [-0.2, -0.15) is 0 Å². The van der Waals surface area contributed by atoms with Crippen molar-refractivity contribution < 1.29 is 4.42 Å². The summed E-state index contributed by atoms with van der Waals surface area (Å²) in [6.45, 7) is 0. The number of benzene rings is 9. The van der Waals surface area contributed by atoms with Crippen molar-refractivity contribution in [3.05, 3.63) is 212 Å². The van der Waals surface area contributed by atoms with Crippen LogP contribution in [0.1, 0.15) is 0 Å². The van der Waals surface area contributed by atoms with Crippen LogP contribution in [0.4, 0.5) is 17.1 Å². The van der Waals surface area contributed by atoms with E-state index in [2.05, 4.69) is 199 Å². The molecule has 0 atom stereocenters. The zero-order valence-electron chi connectivity index (χ0n) is 29.6. The molecule has 2 nitrogen and oxygen atoms in total. The average Bonchev–Trinajstić information content (AvgIpc) is 3.69. The normalized spacial score (nSPS) is 11.3. The van der Waals surface area contributed by atoms with E-state index >= 15 is 0 Å². The molecule has 0 saturated heterocycles. The van der Waals surface area contributed by atoms with E-state index in [4.69, 9.17) is 4.42 Å². The predicted octanol–water partition coefficient (Wildman–Crippen LogP) is 14.9. The lowest BCUT2D eigenvalue weighted by atomic mass is 9.97. The van der Waals surface area contributed by atoms with Gasteiger partial charge in [0.05, 0.1) is 0 Å². The first-order valence-electron chi connectivity index (χ1n) is 18.4. The first kappa shape index (κ1) is 31.6. The van der Waals surface area contributed by atoms with Crippen LogP contribution < -0.4 is 4.90 Å². The van der Waals surface area contributed by atoms with Gasteiger partial charge in [-0.3, -0.25) is 0 Å². The largest absolute Gasteiger partial charge is 0.456 e. The van der Waals surface area contributed by atoms with Crippen molar-refractivity contribution in [1.29, 1.82) is 0 Å². The molecule has 0 saturated carbocycles. The smallest absolute Gasteiger partial charge is 0.135 e. The first-order chi connectivity index (χ1) is 26.7. The van der Waals surface area contributed by atoms with Crippen molar-refractivity contribution in [3.63, 3.8) is 0 Å². The summed E-state index contributed by atoms with van der Waals surface area (Å²) in [5, 5.41) is 6.09. The Morgan fingerprint density at radius 2 is 0.870 bits per heavy atom. The minimum atomic E-state index is 0.874. The number of anilines is 3. The molecule has 10 rings (SSSR count). The Kier molecular flexibility index (Phi) is 7.85. The molecule has 0 fully saturated rings. The lowest BCUT2D eigenvalue weighted by Gasteiger charge is -2.26. The molecule has 0 aliphatic rings. The molecule has 10 aromatic rings. The maximum Gasteiger partial charge on any atom is 0.135 e. The Bertz CT molecular complexity index is 2900. The predicted molar refractivity (Wildman–Crippen MR) is 228 cm³/mol. The van der Waals surface area contributed by atoms with Crippen LogP contribution in [0.15, 0.2) is 217 Å². The van der Waals surface area contributed by atoms with E-state index in [9.17, 15) is 0 Å². The van der Waals surface area contributed by atoms with E-state index < -0.39 is 0 Å². The van der Waals surface area contributed by atoms with Gasteiger partial charge in [0, 0.05) is 28.0 Å². The zero-order chi connectivity index (χ0) is 35.8. The number of para-hydroxylation sites is 1. The summed E-state index contributed by atoms with van der Waals surface area (Å²) < 4.78 is 6.21. The van der Waals surface area contributed by atoms with Crippen molar-refractivity contribution in [2.75, 3.05) is 4.90 Å². The van der Waals surface area contributed by atoms with Gasteiger partial charge in [0.2, 0.25) is 0 Å². The fraction of sp³-hybridized carbons (Fsp3) is 0. The van der Waals surface area contributed by atoms with E-state index in [1.807, 2.05) is 18.2 Å². The Morgan fingerprint density at radius 3 is 1.65 bits per heavy atom. The van der Waals surface area contributed by atoms with Gasteiger partial charge >= 0.3 is 0 Å². The molecule has 0 unspecified atom stereocenters. The lowest BCUT2D eigenvalue weighted by molar-refractivity contribution is 0.631. The third-order valence-electron chi connectivity index (χ3n) is 10.4. The number of rotatable bonds is 7. The Labute approximate surface area is 314 Å². The Balaban J connectivity index is 1.04. The summed E-state index contributed by atoms with van der Waals surface area (Å²) in [5.41, 5.74) is 12.3. The highest BCUT2D eigenvalue weighted by Crippen LogP contribution is 2.40. The van der Waals surface area contributed by atoms with E-state index in [1.165, 1.54) is 43.8 Å². The SMILES string of the molecule is c1cc(-c2ccc(N(c3ccc(-c4ccc5ccccc5c4)cc3)c3cccc(-c4cccc5ccccc45)c3)cc2)cc(-c2cc3ccccc3o2)c1. The molecular weight excluding hydrogens is 655 g/mol. The lowest BCUT2D eigenvalue weighted by Crippen LogP contribution is -2.10. The van der Waals surface area contributed by atoms with Crippen molar-refractivity contribution in [1.82, 2.24) is 0 Å². The maximum atomic E-state index is 6.21. The molecule has 0 aliphatic carbocycles. The van der Waals surface area contributed by atoms with Gasteiger partial charge in [0.1, 0.15) is 11.3 Å². The highest BCUT2D eigenvalue weighted by atomic mass is 16.3. The standard InChI is InChI=1S/C52H35NO/c1-2-12-40-32-42(23-22-36(40)10-1)38-26-30-47(31-27-38)53(48-18-8-16-43(34-48)50-20-9-14-39-11-3-5-19-49(39)50)46-28-24-37(25-29-46)41-15-7-17-44(33-41)52-35-45-13-4-6-21-51(45)54-52/h1-35H. The fourth-order valence-electron chi connectivity index (χ4n) is 7.69. The Morgan fingerprint density at radius 1 is 0.296 bits per heavy atom. The number of hydrogen-bond donors (Lipinski definition) is 0. The first-order valence-corrected chi connectivity index (χ1v) is 18.4. The van der Waals surface area contributed by atoms with Crippen LogP contribution in [0, 0.1) is 0 Å². The van der Waals surface area contributed by atoms with E-state index in [0.29, 0.717) is 0 Å². The highest BCUT2D eigenvalue weighted by molar-refractivity contribution is 5.97. The van der Waals surface area contributed by atoms with Crippen LogP contribution in [0.2, 0.25) is 0 Å². The molecule has 0 radical (unpaired) electrons. The zero-order valence-corrected chi connectivity index (χ0v) is 29.6. The number of hydrogen-bond acceptors (Lipinski definition) is 2. The van der Waals surface area contributed by atoms with Gasteiger partial charge in [0.15, 0.2) is 0 Å². The third kappa shape index (κ3) is 5.90. The second kappa shape index (κ2) is 13.4. The minimum absolute atomic E-state index is 0.874. The molecule has 0 N–H and O–H groups in total. The molecule has 2 heteroatoms. The third-order valence-corrected chi connectivity index (χ3v) is 10.4. The van der Waals surface area contributed by atoms with Gasteiger partial charge in [-0.15, -0.1) is 0 Å². The highest BCUT2D eigenvalue weighted by Gasteiger charge is 2.16.